The molecule has 0 amide bonds. The standard InChI is InChI=1S/C63H39N5O2/c1-62(2)47-19-7-3-15-41(47)45-29-27-37(35-52(45)62)58-66-57(36-28-30-51-46(34-36)44-18-6-10-22-50(44)63(51)48-20-8-4-16-42(48)43-17-5-9-21-49(43)63)67-59(68-58)38-31-39(60-64-53-23-11-13-25-55(53)69-60)33-40(32-38)61-65-54-24-12-14-26-56(54)70-61/h3-35H,1-2H3. The summed E-state index contributed by atoms with van der Waals surface area (Å²) in [5.74, 6) is 2.57. The molecule has 0 unspecified atom stereocenters. The molecule has 0 fully saturated rings. The number of hydrogen-bond donors (Lipinski definition) is 0. The first-order valence-electron chi connectivity index (χ1n) is 23.7. The second-order valence-electron chi connectivity index (χ2n) is 19.2. The minimum absolute atomic E-state index is 0.218. The van der Waals surface area contributed by atoms with Gasteiger partial charge in [-0.05, 0) is 121 Å². The highest BCUT2D eigenvalue weighted by molar-refractivity contribution is 5.96. The lowest BCUT2D eigenvalue weighted by atomic mass is 9.70. The number of hydrogen-bond acceptors (Lipinski definition) is 7. The van der Waals surface area contributed by atoms with Crippen LogP contribution in [0.25, 0.3) is 113 Å². The first-order valence-corrected chi connectivity index (χ1v) is 23.7. The summed E-state index contributed by atoms with van der Waals surface area (Å²) in [5, 5.41) is 0. The fourth-order valence-corrected chi connectivity index (χ4v) is 11.8. The van der Waals surface area contributed by atoms with Gasteiger partial charge < -0.3 is 8.83 Å². The topological polar surface area (TPSA) is 90.7 Å². The molecule has 3 heterocycles. The molecular formula is C63H39N5O2. The van der Waals surface area contributed by atoms with Gasteiger partial charge in [-0.15, -0.1) is 0 Å². The molecule has 3 aromatic heterocycles. The molecule has 0 radical (unpaired) electrons. The summed E-state index contributed by atoms with van der Waals surface area (Å²) in [5.41, 5.74) is 21.3. The van der Waals surface area contributed by atoms with Crippen LogP contribution in [0, 0.1) is 0 Å². The second-order valence-corrected chi connectivity index (χ2v) is 19.2. The molecule has 0 atom stereocenters. The molecule has 12 aromatic rings. The van der Waals surface area contributed by atoms with Crippen LogP contribution in [0.5, 0.6) is 0 Å². The highest BCUT2D eigenvalue weighted by atomic mass is 16.4. The predicted molar refractivity (Wildman–Crippen MR) is 276 cm³/mol. The molecule has 0 saturated carbocycles. The van der Waals surface area contributed by atoms with Gasteiger partial charge in [0.05, 0.1) is 5.41 Å². The van der Waals surface area contributed by atoms with Gasteiger partial charge in [-0.3, -0.25) is 0 Å². The van der Waals surface area contributed by atoms with Crippen molar-refractivity contribution in [2.45, 2.75) is 24.7 Å². The predicted octanol–water partition coefficient (Wildman–Crippen LogP) is 15.1. The van der Waals surface area contributed by atoms with E-state index in [-0.39, 0.29) is 5.41 Å². The number of aromatic nitrogens is 5. The Labute approximate surface area is 402 Å². The van der Waals surface area contributed by atoms with Crippen LogP contribution in [0.3, 0.4) is 0 Å². The van der Waals surface area contributed by atoms with Gasteiger partial charge in [-0.1, -0.05) is 159 Å². The van der Waals surface area contributed by atoms with Gasteiger partial charge in [0.1, 0.15) is 11.0 Å². The highest BCUT2D eigenvalue weighted by Crippen LogP contribution is 2.63. The molecule has 0 aliphatic heterocycles. The Balaban J connectivity index is 0.960. The van der Waals surface area contributed by atoms with Crippen LogP contribution in [0.4, 0.5) is 0 Å². The summed E-state index contributed by atoms with van der Waals surface area (Å²) in [4.78, 5) is 26.0. The Morgan fingerprint density at radius 1 is 0.300 bits per heavy atom. The van der Waals surface area contributed by atoms with Crippen molar-refractivity contribution >= 4 is 22.2 Å². The van der Waals surface area contributed by atoms with E-state index in [1.807, 2.05) is 66.7 Å². The Morgan fingerprint density at radius 3 is 1.26 bits per heavy atom. The Hall–Kier alpha value is -9.07. The van der Waals surface area contributed by atoms with E-state index < -0.39 is 5.41 Å². The van der Waals surface area contributed by atoms with Crippen LogP contribution in [-0.2, 0) is 10.8 Å². The third kappa shape index (κ3) is 5.42. The maximum atomic E-state index is 6.41. The summed E-state index contributed by atoms with van der Waals surface area (Å²) in [6, 6.07) is 70.5. The molecule has 3 aliphatic rings. The van der Waals surface area contributed by atoms with E-state index in [0.717, 1.165) is 44.4 Å². The average Bonchev–Trinajstić information content (AvgIpc) is 4.23. The highest BCUT2D eigenvalue weighted by Gasteiger charge is 2.51. The van der Waals surface area contributed by atoms with Crippen molar-refractivity contribution < 1.29 is 8.83 Å². The summed E-state index contributed by atoms with van der Waals surface area (Å²) < 4.78 is 12.8. The van der Waals surface area contributed by atoms with E-state index in [4.69, 9.17) is 33.8 Å². The Bertz CT molecular complexity index is 3990. The molecule has 0 bridgehead atoms. The lowest BCUT2D eigenvalue weighted by Gasteiger charge is -2.30. The van der Waals surface area contributed by atoms with Gasteiger partial charge in [0, 0.05) is 33.2 Å². The maximum absolute atomic E-state index is 6.41. The number of benzene rings is 9. The molecule has 7 heteroatoms. The van der Waals surface area contributed by atoms with E-state index in [1.165, 1.54) is 61.2 Å². The van der Waals surface area contributed by atoms with Gasteiger partial charge in [-0.25, -0.2) is 24.9 Å². The summed E-state index contributed by atoms with van der Waals surface area (Å²) in [7, 11) is 0. The van der Waals surface area contributed by atoms with Crippen LogP contribution in [-0.4, -0.2) is 24.9 Å². The fourth-order valence-electron chi connectivity index (χ4n) is 11.8. The van der Waals surface area contributed by atoms with E-state index in [9.17, 15) is 0 Å². The number of oxazole rings is 2. The van der Waals surface area contributed by atoms with Gasteiger partial charge >= 0.3 is 0 Å². The van der Waals surface area contributed by atoms with Crippen LogP contribution in [0.15, 0.2) is 209 Å². The third-order valence-electron chi connectivity index (χ3n) is 15.0. The van der Waals surface area contributed by atoms with Gasteiger partial charge in [0.25, 0.3) is 0 Å². The van der Waals surface area contributed by atoms with Gasteiger partial charge in [-0.2, -0.15) is 0 Å². The third-order valence-corrected chi connectivity index (χ3v) is 15.0. The first-order chi connectivity index (χ1) is 34.4. The summed E-state index contributed by atoms with van der Waals surface area (Å²) in [6.45, 7) is 4.60. The SMILES string of the molecule is CC1(C)c2ccccc2-c2ccc(-c3nc(-c4cc(-c5nc6ccccc6o5)cc(-c5nc6ccccc6o5)c4)nc(-c4ccc5c(c4)-c4ccccc4C54c5ccccc5-c5ccccc54)n3)cc21. The zero-order valence-electron chi connectivity index (χ0n) is 38.1. The fraction of sp³-hybridized carbons (Fsp3) is 0.0635. The zero-order chi connectivity index (χ0) is 46.3. The summed E-state index contributed by atoms with van der Waals surface area (Å²) in [6.07, 6.45) is 0. The molecule has 9 aromatic carbocycles. The maximum Gasteiger partial charge on any atom is 0.227 e. The van der Waals surface area contributed by atoms with E-state index in [0.29, 0.717) is 40.4 Å². The van der Waals surface area contributed by atoms with E-state index in [1.54, 1.807) is 0 Å². The number of para-hydroxylation sites is 4. The van der Waals surface area contributed by atoms with Crippen molar-refractivity contribution in [2.75, 3.05) is 0 Å². The average molecular weight is 898 g/mol. The molecule has 7 nitrogen and oxygen atoms in total. The minimum Gasteiger partial charge on any atom is -0.436 e. The minimum atomic E-state index is -0.464. The zero-order valence-corrected chi connectivity index (χ0v) is 38.1. The van der Waals surface area contributed by atoms with Crippen LogP contribution < -0.4 is 0 Å². The van der Waals surface area contributed by atoms with E-state index >= 15 is 0 Å². The van der Waals surface area contributed by atoms with E-state index in [2.05, 4.69) is 147 Å². The first kappa shape index (κ1) is 39.0. The smallest absolute Gasteiger partial charge is 0.227 e. The van der Waals surface area contributed by atoms with Crippen LogP contribution in [0.1, 0.15) is 47.2 Å². The van der Waals surface area contributed by atoms with Crippen molar-refractivity contribution in [3.63, 3.8) is 0 Å². The second kappa shape index (κ2) is 14.2. The summed E-state index contributed by atoms with van der Waals surface area (Å²) >= 11 is 0. The largest absolute Gasteiger partial charge is 0.436 e. The quantitative estimate of drug-likeness (QED) is 0.170. The van der Waals surface area contributed by atoms with Crippen molar-refractivity contribution in [1.82, 2.24) is 24.9 Å². The monoisotopic (exact) mass is 897 g/mol. The molecule has 328 valence electrons. The Morgan fingerprint density at radius 2 is 0.700 bits per heavy atom. The number of nitrogens with zero attached hydrogens (tertiary/aromatic N) is 5. The number of fused-ring (bicyclic) bond motifs is 15. The Kier molecular flexibility index (Phi) is 7.92. The van der Waals surface area contributed by atoms with Crippen molar-refractivity contribution in [3.05, 3.63) is 234 Å². The molecule has 3 aliphatic carbocycles. The van der Waals surface area contributed by atoms with Crippen LogP contribution in [0.2, 0.25) is 0 Å². The van der Waals surface area contributed by atoms with Crippen molar-refractivity contribution in [3.8, 4) is 90.5 Å². The van der Waals surface area contributed by atoms with Crippen molar-refractivity contribution in [2.24, 2.45) is 0 Å². The molecular weight excluding hydrogens is 859 g/mol. The molecule has 15 rings (SSSR count). The number of rotatable bonds is 5. The lowest BCUT2D eigenvalue weighted by Crippen LogP contribution is -2.25. The molecule has 0 saturated heterocycles. The van der Waals surface area contributed by atoms with Crippen LogP contribution >= 0.6 is 0 Å². The molecule has 0 N–H and O–H groups in total. The lowest BCUT2D eigenvalue weighted by molar-refractivity contribution is 0.617. The van der Waals surface area contributed by atoms with Crippen molar-refractivity contribution in [1.29, 1.82) is 0 Å². The molecule has 1 spiro atoms. The normalized spacial score (nSPS) is 14.1. The van der Waals surface area contributed by atoms with Gasteiger partial charge in [0.2, 0.25) is 11.8 Å². The molecule has 70 heavy (non-hydrogen) atoms. The van der Waals surface area contributed by atoms with Gasteiger partial charge in [0.15, 0.2) is 28.6 Å².